The van der Waals surface area contributed by atoms with E-state index in [-0.39, 0.29) is 23.1 Å². The van der Waals surface area contributed by atoms with E-state index in [1.54, 1.807) is 17.9 Å². The summed E-state index contributed by atoms with van der Waals surface area (Å²) in [4.78, 5) is 34.5. The lowest BCUT2D eigenvalue weighted by molar-refractivity contribution is 0.0559. The molecule has 0 spiro atoms. The summed E-state index contributed by atoms with van der Waals surface area (Å²) >= 11 is 0. The minimum atomic E-state index is -0.295. The van der Waals surface area contributed by atoms with Gasteiger partial charge in [-0.25, -0.2) is 0 Å². The second kappa shape index (κ2) is 6.46. The lowest BCUT2D eigenvalue weighted by atomic mass is 9.94. The monoisotopic (exact) mass is 342 g/mol. The van der Waals surface area contributed by atoms with Crippen molar-refractivity contribution in [1.29, 1.82) is 0 Å². The molecule has 1 unspecified atom stereocenters. The van der Waals surface area contributed by atoms with Crippen LogP contribution < -0.4 is 5.56 Å². The molecular weight excluding hydrogens is 320 g/mol. The molecule has 4 rings (SSSR count). The number of rotatable bonds is 2. The summed E-state index contributed by atoms with van der Waals surface area (Å²) in [6, 6.07) is 1.54. The summed E-state index contributed by atoms with van der Waals surface area (Å²) in [5.74, 6) is 0.773. The number of fused-ring (bicyclic) bond motifs is 1. The van der Waals surface area contributed by atoms with Gasteiger partial charge < -0.3 is 14.4 Å². The van der Waals surface area contributed by atoms with E-state index >= 15 is 0 Å². The molecule has 0 radical (unpaired) electrons. The van der Waals surface area contributed by atoms with Crippen molar-refractivity contribution in [2.75, 3.05) is 6.54 Å². The SMILES string of the molecule is Cc1noc(C2CCCCN2C(=O)c2cc3c([nH]c2=O)CCCC3)n1. The first-order valence-electron chi connectivity index (χ1n) is 9.00. The molecule has 1 saturated heterocycles. The van der Waals surface area contributed by atoms with E-state index in [1.165, 1.54) is 0 Å². The molecule has 1 fully saturated rings. The highest BCUT2D eigenvalue weighted by atomic mass is 16.5. The van der Waals surface area contributed by atoms with Crippen molar-refractivity contribution >= 4 is 5.91 Å². The van der Waals surface area contributed by atoms with Crippen LogP contribution in [0.5, 0.6) is 0 Å². The number of amides is 1. The van der Waals surface area contributed by atoms with Crippen LogP contribution >= 0.6 is 0 Å². The van der Waals surface area contributed by atoms with Gasteiger partial charge in [0.1, 0.15) is 11.6 Å². The van der Waals surface area contributed by atoms with Gasteiger partial charge in [0, 0.05) is 12.2 Å². The summed E-state index contributed by atoms with van der Waals surface area (Å²) < 4.78 is 5.30. The number of nitrogens with zero attached hydrogens (tertiary/aromatic N) is 3. The third kappa shape index (κ3) is 2.99. The molecule has 7 heteroatoms. The van der Waals surface area contributed by atoms with E-state index in [2.05, 4.69) is 15.1 Å². The van der Waals surface area contributed by atoms with Gasteiger partial charge in [0.05, 0.1) is 0 Å². The Kier molecular flexibility index (Phi) is 4.15. The minimum Gasteiger partial charge on any atom is -0.337 e. The van der Waals surface area contributed by atoms with Crippen LogP contribution in [0, 0.1) is 6.92 Å². The highest BCUT2D eigenvalue weighted by molar-refractivity contribution is 5.94. The van der Waals surface area contributed by atoms with Crippen LogP contribution in [0.15, 0.2) is 15.4 Å². The zero-order valence-corrected chi connectivity index (χ0v) is 14.4. The lowest BCUT2D eigenvalue weighted by Crippen LogP contribution is -2.41. The molecular formula is C18H22N4O3. The normalized spacial score (nSPS) is 20.4. The number of piperidine rings is 1. The fourth-order valence-electron chi connectivity index (χ4n) is 3.87. The Labute approximate surface area is 145 Å². The molecule has 132 valence electrons. The van der Waals surface area contributed by atoms with Crippen molar-refractivity contribution in [2.24, 2.45) is 0 Å². The first-order chi connectivity index (χ1) is 12.1. The van der Waals surface area contributed by atoms with E-state index in [0.717, 1.165) is 56.2 Å². The average Bonchev–Trinajstić information content (AvgIpc) is 3.07. The summed E-state index contributed by atoms with van der Waals surface area (Å²) in [6.07, 6.45) is 6.66. The number of aromatic nitrogens is 3. The summed E-state index contributed by atoms with van der Waals surface area (Å²) in [6.45, 7) is 2.36. The Balaban J connectivity index is 1.68. The molecule has 0 bridgehead atoms. The quantitative estimate of drug-likeness (QED) is 0.904. The van der Waals surface area contributed by atoms with Crippen LogP contribution in [-0.4, -0.2) is 32.5 Å². The number of aryl methyl sites for hydroxylation is 3. The first kappa shape index (κ1) is 16.1. The molecule has 7 nitrogen and oxygen atoms in total. The third-order valence-electron chi connectivity index (χ3n) is 5.16. The number of likely N-dealkylation sites (tertiary alicyclic amines) is 1. The van der Waals surface area contributed by atoms with Crippen LogP contribution in [0.4, 0.5) is 0 Å². The van der Waals surface area contributed by atoms with E-state index in [9.17, 15) is 9.59 Å². The number of pyridine rings is 1. The largest absolute Gasteiger partial charge is 0.337 e. The number of aromatic amines is 1. The van der Waals surface area contributed by atoms with Crippen molar-refractivity contribution in [3.63, 3.8) is 0 Å². The van der Waals surface area contributed by atoms with Gasteiger partial charge in [0.15, 0.2) is 5.82 Å². The van der Waals surface area contributed by atoms with Crippen LogP contribution in [0.25, 0.3) is 0 Å². The fraction of sp³-hybridized carbons (Fsp3) is 0.556. The smallest absolute Gasteiger partial charge is 0.261 e. The number of hydrogen-bond donors (Lipinski definition) is 1. The molecule has 1 aliphatic heterocycles. The van der Waals surface area contributed by atoms with Crippen molar-refractivity contribution in [3.05, 3.63) is 45.0 Å². The van der Waals surface area contributed by atoms with Gasteiger partial charge in [0.25, 0.3) is 11.5 Å². The minimum absolute atomic E-state index is 0.226. The maximum Gasteiger partial charge on any atom is 0.261 e. The van der Waals surface area contributed by atoms with Crippen molar-refractivity contribution in [2.45, 2.75) is 57.9 Å². The van der Waals surface area contributed by atoms with E-state index in [4.69, 9.17) is 4.52 Å². The Hall–Kier alpha value is -2.44. The summed E-state index contributed by atoms with van der Waals surface area (Å²) in [5, 5.41) is 3.84. The van der Waals surface area contributed by atoms with E-state index in [0.29, 0.717) is 18.3 Å². The maximum atomic E-state index is 13.1. The molecule has 1 atom stereocenters. The zero-order chi connectivity index (χ0) is 17.4. The predicted octanol–water partition coefficient (Wildman–Crippen LogP) is 2.31. The molecule has 1 N–H and O–H groups in total. The molecule has 3 heterocycles. The molecule has 0 aromatic carbocycles. The van der Waals surface area contributed by atoms with Crippen LogP contribution in [0.1, 0.15) is 71.5 Å². The van der Waals surface area contributed by atoms with Crippen LogP contribution in [-0.2, 0) is 12.8 Å². The second-order valence-electron chi connectivity index (χ2n) is 6.91. The fourth-order valence-corrected chi connectivity index (χ4v) is 3.87. The number of hydrogen-bond acceptors (Lipinski definition) is 5. The van der Waals surface area contributed by atoms with Gasteiger partial charge in [-0.15, -0.1) is 0 Å². The van der Waals surface area contributed by atoms with Crippen LogP contribution in [0.3, 0.4) is 0 Å². The summed E-state index contributed by atoms with van der Waals surface area (Å²) in [5.41, 5.74) is 2.01. The molecule has 2 aromatic rings. The lowest BCUT2D eigenvalue weighted by Gasteiger charge is -2.33. The molecule has 1 aliphatic carbocycles. The highest BCUT2D eigenvalue weighted by Gasteiger charge is 2.33. The molecule has 2 aromatic heterocycles. The highest BCUT2D eigenvalue weighted by Crippen LogP contribution is 2.31. The molecule has 0 saturated carbocycles. The van der Waals surface area contributed by atoms with Gasteiger partial charge in [-0.1, -0.05) is 5.16 Å². The van der Waals surface area contributed by atoms with Gasteiger partial charge in [0.2, 0.25) is 5.89 Å². The van der Waals surface area contributed by atoms with Gasteiger partial charge in [-0.05, 0) is 63.5 Å². The summed E-state index contributed by atoms with van der Waals surface area (Å²) in [7, 11) is 0. The average molecular weight is 342 g/mol. The molecule has 1 amide bonds. The van der Waals surface area contributed by atoms with E-state index < -0.39 is 0 Å². The Morgan fingerprint density at radius 2 is 2.12 bits per heavy atom. The number of H-pyrrole nitrogens is 1. The van der Waals surface area contributed by atoms with Crippen molar-refractivity contribution in [1.82, 2.24) is 20.0 Å². The number of carbonyl (C=O) groups is 1. The van der Waals surface area contributed by atoms with E-state index in [1.807, 2.05) is 0 Å². The Morgan fingerprint density at radius 1 is 1.28 bits per heavy atom. The topological polar surface area (TPSA) is 92.1 Å². The Bertz CT molecular complexity index is 854. The molecule has 2 aliphatic rings. The van der Waals surface area contributed by atoms with Crippen molar-refractivity contribution < 1.29 is 9.32 Å². The predicted molar refractivity (Wildman–Crippen MR) is 90.4 cm³/mol. The maximum absolute atomic E-state index is 13.1. The number of nitrogens with one attached hydrogen (secondary N) is 1. The third-order valence-corrected chi connectivity index (χ3v) is 5.16. The van der Waals surface area contributed by atoms with Gasteiger partial charge in [-0.3, -0.25) is 9.59 Å². The Morgan fingerprint density at radius 3 is 2.92 bits per heavy atom. The second-order valence-corrected chi connectivity index (χ2v) is 6.91. The standard InChI is InChI=1S/C18H22N4O3/c1-11-19-17(25-21-11)15-8-4-5-9-22(15)18(24)13-10-12-6-2-3-7-14(12)20-16(13)23/h10,15H,2-9H2,1H3,(H,20,23). The zero-order valence-electron chi connectivity index (χ0n) is 14.4. The molecule has 25 heavy (non-hydrogen) atoms. The van der Waals surface area contributed by atoms with Gasteiger partial charge >= 0.3 is 0 Å². The number of carbonyl (C=O) groups excluding carboxylic acids is 1. The van der Waals surface area contributed by atoms with Crippen molar-refractivity contribution in [3.8, 4) is 0 Å². The first-order valence-corrected chi connectivity index (χ1v) is 9.00. The van der Waals surface area contributed by atoms with Gasteiger partial charge in [-0.2, -0.15) is 4.98 Å². The van der Waals surface area contributed by atoms with Crippen LogP contribution in [0.2, 0.25) is 0 Å².